The molecule has 9 nitrogen and oxygen atoms in total. The summed E-state index contributed by atoms with van der Waals surface area (Å²) in [4.78, 5) is 37.9. The number of hydrogen-bond donors (Lipinski definition) is 2. The minimum atomic E-state index is -0.132. The van der Waals surface area contributed by atoms with Crippen LogP contribution in [0.1, 0.15) is 33.6 Å². The number of carbonyl (C=O) groups excluding carboxylic acids is 2. The lowest BCUT2D eigenvalue weighted by atomic mass is 10.1. The van der Waals surface area contributed by atoms with Gasteiger partial charge >= 0.3 is 0 Å². The van der Waals surface area contributed by atoms with Crippen LogP contribution in [0.5, 0.6) is 11.5 Å². The van der Waals surface area contributed by atoms with Crippen molar-refractivity contribution in [3.63, 3.8) is 0 Å². The largest absolute Gasteiger partial charge is 0.497 e. The molecule has 0 aliphatic rings. The molecule has 0 unspecified atom stereocenters. The summed E-state index contributed by atoms with van der Waals surface area (Å²) >= 11 is 0. The Hall–Kier alpha value is -5.28. The molecule has 2 N–H and O–H groups in total. The minimum absolute atomic E-state index is 0.132. The van der Waals surface area contributed by atoms with Crippen molar-refractivity contribution in [3.05, 3.63) is 96.1 Å². The maximum absolute atomic E-state index is 13.1. The average molecular weight is 616 g/mol. The van der Waals surface area contributed by atoms with E-state index in [1.165, 1.54) is 0 Å². The van der Waals surface area contributed by atoms with Gasteiger partial charge in [0.1, 0.15) is 11.5 Å². The maximum Gasteiger partial charge on any atom is 0.253 e. The van der Waals surface area contributed by atoms with Crippen molar-refractivity contribution in [2.45, 2.75) is 12.8 Å². The van der Waals surface area contributed by atoms with Crippen LogP contribution in [0.4, 0.5) is 0 Å². The van der Waals surface area contributed by atoms with Crippen molar-refractivity contribution >= 4 is 55.4 Å². The SMILES string of the molecule is COc1ccc2nc3c(C(=O)NCCCN(C)CCCNC(=O)c4cccc5cc6cc(OC)ccc6nc45)cccc3cc2c1. The fourth-order valence-electron chi connectivity index (χ4n) is 5.71. The molecule has 0 bridgehead atoms. The van der Waals surface area contributed by atoms with Crippen molar-refractivity contribution in [2.24, 2.45) is 0 Å². The smallest absolute Gasteiger partial charge is 0.253 e. The van der Waals surface area contributed by atoms with Gasteiger partial charge in [0.2, 0.25) is 0 Å². The highest BCUT2D eigenvalue weighted by Crippen LogP contribution is 2.27. The average Bonchev–Trinajstić information content (AvgIpc) is 3.08. The number of fused-ring (bicyclic) bond motifs is 4. The molecule has 46 heavy (non-hydrogen) atoms. The Morgan fingerprint density at radius 3 is 1.52 bits per heavy atom. The van der Waals surface area contributed by atoms with E-state index in [9.17, 15) is 9.59 Å². The molecule has 0 saturated heterocycles. The zero-order valence-corrected chi connectivity index (χ0v) is 26.3. The first-order valence-corrected chi connectivity index (χ1v) is 15.4. The number of benzene rings is 4. The fraction of sp³-hybridized carbons (Fsp3) is 0.243. The van der Waals surface area contributed by atoms with Gasteiger partial charge in [-0.25, -0.2) is 9.97 Å². The number of amides is 2. The summed E-state index contributed by atoms with van der Waals surface area (Å²) in [6.45, 7) is 2.74. The summed E-state index contributed by atoms with van der Waals surface area (Å²) in [5.74, 6) is 1.28. The highest BCUT2D eigenvalue weighted by atomic mass is 16.5. The summed E-state index contributed by atoms with van der Waals surface area (Å²) in [7, 11) is 5.33. The van der Waals surface area contributed by atoms with Gasteiger partial charge in [-0.05, 0) is 93.6 Å². The van der Waals surface area contributed by atoms with Crippen LogP contribution in [-0.4, -0.2) is 74.1 Å². The molecule has 2 heterocycles. The van der Waals surface area contributed by atoms with Crippen molar-refractivity contribution < 1.29 is 19.1 Å². The van der Waals surface area contributed by atoms with E-state index < -0.39 is 0 Å². The lowest BCUT2D eigenvalue weighted by Gasteiger charge is -2.17. The summed E-state index contributed by atoms with van der Waals surface area (Å²) in [5.41, 5.74) is 4.13. The molecule has 6 rings (SSSR count). The molecule has 234 valence electrons. The van der Waals surface area contributed by atoms with Crippen LogP contribution in [0.15, 0.2) is 84.9 Å². The number of carbonyl (C=O) groups is 2. The number of pyridine rings is 2. The van der Waals surface area contributed by atoms with Crippen molar-refractivity contribution in [1.82, 2.24) is 25.5 Å². The number of rotatable bonds is 12. The first kappa shape index (κ1) is 30.7. The number of ether oxygens (including phenoxy) is 2. The van der Waals surface area contributed by atoms with Gasteiger partial charge in [0.05, 0.1) is 47.4 Å². The Labute approximate surface area is 267 Å². The molecule has 2 amide bonds. The molecule has 0 saturated carbocycles. The molecule has 0 radical (unpaired) electrons. The van der Waals surface area contributed by atoms with Gasteiger partial charge < -0.3 is 25.0 Å². The van der Waals surface area contributed by atoms with E-state index in [1.807, 2.05) is 92.0 Å². The summed E-state index contributed by atoms with van der Waals surface area (Å²) in [5, 5.41) is 9.85. The van der Waals surface area contributed by atoms with E-state index in [1.54, 1.807) is 14.2 Å². The summed E-state index contributed by atoms with van der Waals surface area (Å²) in [6, 6.07) is 26.8. The first-order chi connectivity index (χ1) is 22.4. The molecule has 4 aromatic carbocycles. The van der Waals surface area contributed by atoms with Gasteiger partial charge in [-0.1, -0.05) is 24.3 Å². The van der Waals surface area contributed by atoms with Crippen LogP contribution in [-0.2, 0) is 0 Å². The molecular weight excluding hydrogens is 578 g/mol. The molecular formula is C37H37N5O4. The summed E-state index contributed by atoms with van der Waals surface area (Å²) < 4.78 is 10.7. The Kier molecular flexibility index (Phi) is 9.21. The Morgan fingerprint density at radius 2 is 1.09 bits per heavy atom. The monoisotopic (exact) mass is 615 g/mol. The van der Waals surface area contributed by atoms with E-state index in [0.717, 1.165) is 70.0 Å². The zero-order chi connectivity index (χ0) is 32.0. The molecule has 0 atom stereocenters. The highest BCUT2D eigenvalue weighted by Gasteiger charge is 2.14. The van der Waals surface area contributed by atoms with E-state index in [2.05, 4.69) is 15.5 Å². The van der Waals surface area contributed by atoms with E-state index >= 15 is 0 Å². The Bertz CT molecular complexity index is 1910. The standard InChI is InChI=1S/C37H37N5O4/c1-42(18-6-16-38-36(43)30-10-4-8-24-20-26-22-28(45-2)12-14-32(26)40-34(24)30)19-7-17-39-37(44)31-11-5-9-25-21-27-23-29(46-3)13-15-33(27)41-35(25)31/h4-5,8-15,20-23H,6-7,16-19H2,1-3H3,(H,38,43)(H,39,44). The first-order valence-electron chi connectivity index (χ1n) is 15.4. The number of methoxy groups -OCH3 is 2. The van der Waals surface area contributed by atoms with Gasteiger partial charge in [0.25, 0.3) is 11.8 Å². The van der Waals surface area contributed by atoms with Gasteiger partial charge in [-0.3, -0.25) is 9.59 Å². The van der Waals surface area contributed by atoms with Crippen LogP contribution in [0.25, 0.3) is 43.6 Å². The zero-order valence-electron chi connectivity index (χ0n) is 26.3. The summed E-state index contributed by atoms with van der Waals surface area (Å²) in [6.07, 6.45) is 1.61. The lowest BCUT2D eigenvalue weighted by molar-refractivity contribution is 0.0947. The van der Waals surface area contributed by atoms with E-state index in [0.29, 0.717) is 35.2 Å². The van der Waals surface area contributed by atoms with Gasteiger partial charge in [0, 0.05) is 34.6 Å². The predicted molar refractivity (Wildman–Crippen MR) is 183 cm³/mol. The minimum Gasteiger partial charge on any atom is -0.497 e. The van der Waals surface area contributed by atoms with Gasteiger partial charge in [0.15, 0.2) is 0 Å². The molecule has 0 spiro atoms. The number of aromatic nitrogens is 2. The topological polar surface area (TPSA) is 106 Å². The number of para-hydroxylation sites is 2. The number of hydrogen-bond acceptors (Lipinski definition) is 7. The van der Waals surface area contributed by atoms with Crippen LogP contribution >= 0.6 is 0 Å². The van der Waals surface area contributed by atoms with Gasteiger partial charge in [-0.15, -0.1) is 0 Å². The molecule has 0 fully saturated rings. The third kappa shape index (κ3) is 6.69. The van der Waals surface area contributed by atoms with E-state index in [-0.39, 0.29) is 11.8 Å². The van der Waals surface area contributed by atoms with Gasteiger partial charge in [-0.2, -0.15) is 0 Å². The van der Waals surface area contributed by atoms with Crippen molar-refractivity contribution in [1.29, 1.82) is 0 Å². The maximum atomic E-state index is 13.1. The Balaban J connectivity index is 0.964. The third-order valence-electron chi connectivity index (χ3n) is 8.18. The van der Waals surface area contributed by atoms with Crippen molar-refractivity contribution in [2.75, 3.05) is 47.4 Å². The molecule has 2 aromatic heterocycles. The quantitative estimate of drug-likeness (QED) is 0.129. The third-order valence-corrected chi connectivity index (χ3v) is 8.18. The molecule has 0 aliphatic heterocycles. The second-order valence-corrected chi connectivity index (χ2v) is 11.4. The number of nitrogens with zero attached hydrogens (tertiary/aromatic N) is 3. The van der Waals surface area contributed by atoms with Crippen molar-refractivity contribution in [3.8, 4) is 11.5 Å². The second-order valence-electron chi connectivity index (χ2n) is 11.4. The van der Waals surface area contributed by atoms with Crippen LogP contribution in [0, 0.1) is 0 Å². The van der Waals surface area contributed by atoms with Crippen LogP contribution in [0.2, 0.25) is 0 Å². The number of nitrogens with one attached hydrogen (secondary N) is 2. The van der Waals surface area contributed by atoms with E-state index in [4.69, 9.17) is 19.4 Å². The second kappa shape index (κ2) is 13.8. The Morgan fingerprint density at radius 1 is 0.630 bits per heavy atom. The lowest BCUT2D eigenvalue weighted by Crippen LogP contribution is -2.31. The molecule has 9 heteroatoms. The molecule has 6 aromatic rings. The molecule has 0 aliphatic carbocycles. The van der Waals surface area contributed by atoms with Crippen LogP contribution < -0.4 is 20.1 Å². The van der Waals surface area contributed by atoms with Crippen LogP contribution in [0.3, 0.4) is 0 Å². The highest BCUT2D eigenvalue weighted by molar-refractivity contribution is 6.08. The normalized spacial score (nSPS) is 11.4. The fourth-order valence-corrected chi connectivity index (χ4v) is 5.71. The predicted octanol–water partition coefficient (Wildman–Crippen LogP) is 5.98.